The van der Waals surface area contributed by atoms with E-state index in [1.54, 1.807) is 37.4 Å². The van der Waals surface area contributed by atoms with Crippen molar-refractivity contribution in [3.05, 3.63) is 34.9 Å². The second-order valence-electron chi connectivity index (χ2n) is 3.06. The Morgan fingerprint density at radius 1 is 1.44 bits per heavy atom. The summed E-state index contributed by atoms with van der Waals surface area (Å²) in [6.07, 6.45) is 1.51. The van der Waals surface area contributed by atoms with Crippen molar-refractivity contribution < 1.29 is 4.74 Å². The molecule has 0 bridgehead atoms. The van der Waals surface area contributed by atoms with Gasteiger partial charge in [0.2, 0.25) is 0 Å². The zero-order chi connectivity index (χ0) is 12.0. The van der Waals surface area contributed by atoms with E-state index in [0.29, 0.717) is 12.3 Å². The van der Waals surface area contributed by atoms with Crippen LogP contribution in [0.2, 0.25) is 0 Å². The largest absolute Gasteiger partial charge is 0.496 e. The number of hydrogen-bond acceptors (Lipinski definition) is 4. The fourth-order valence-electron chi connectivity index (χ4n) is 1.30. The SMILES string of the molecule is COc1ccc(C=C(C#N)C#N)cc1CN. The van der Waals surface area contributed by atoms with E-state index >= 15 is 0 Å². The number of ether oxygens (including phenoxy) is 1. The summed E-state index contributed by atoms with van der Waals surface area (Å²) in [6.45, 7) is 0.347. The van der Waals surface area contributed by atoms with Gasteiger partial charge in [-0.2, -0.15) is 10.5 Å². The molecular formula is C12H11N3O. The number of nitrogens with zero attached hydrogens (tertiary/aromatic N) is 2. The first-order valence-corrected chi connectivity index (χ1v) is 4.64. The van der Waals surface area contributed by atoms with Crippen LogP contribution >= 0.6 is 0 Å². The molecule has 1 rings (SSSR count). The first-order valence-electron chi connectivity index (χ1n) is 4.64. The van der Waals surface area contributed by atoms with Crippen LogP contribution in [0.5, 0.6) is 5.75 Å². The van der Waals surface area contributed by atoms with Crippen LogP contribution in [0.3, 0.4) is 0 Å². The number of methoxy groups -OCH3 is 1. The Hall–Kier alpha value is -2.30. The fourth-order valence-corrected chi connectivity index (χ4v) is 1.30. The van der Waals surface area contributed by atoms with E-state index in [4.69, 9.17) is 21.0 Å². The molecule has 16 heavy (non-hydrogen) atoms. The molecule has 1 aromatic rings. The number of hydrogen-bond donors (Lipinski definition) is 1. The Labute approximate surface area is 94.2 Å². The highest BCUT2D eigenvalue weighted by atomic mass is 16.5. The molecule has 0 heterocycles. The Kier molecular flexibility index (Phi) is 4.08. The van der Waals surface area contributed by atoms with Crippen molar-refractivity contribution in [2.75, 3.05) is 7.11 Å². The van der Waals surface area contributed by atoms with Gasteiger partial charge in [0.1, 0.15) is 23.5 Å². The third kappa shape index (κ3) is 2.60. The molecule has 0 saturated heterocycles. The standard InChI is InChI=1S/C12H11N3O/c1-16-12-3-2-9(5-11(12)8-15)4-10(6-13)7-14/h2-5H,8,15H2,1H3. The van der Waals surface area contributed by atoms with Crippen molar-refractivity contribution in [1.29, 1.82) is 10.5 Å². The maximum absolute atomic E-state index is 8.62. The van der Waals surface area contributed by atoms with Crippen molar-refractivity contribution in [2.45, 2.75) is 6.54 Å². The van der Waals surface area contributed by atoms with E-state index in [2.05, 4.69) is 0 Å². The van der Waals surface area contributed by atoms with Crippen LogP contribution in [0.15, 0.2) is 23.8 Å². The molecule has 0 aliphatic rings. The molecule has 0 aromatic heterocycles. The minimum atomic E-state index is 0.0631. The molecule has 0 aliphatic heterocycles. The second kappa shape index (κ2) is 5.55. The highest BCUT2D eigenvalue weighted by Crippen LogP contribution is 2.20. The molecule has 4 nitrogen and oxygen atoms in total. The zero-order valence-corrected chi connectivity index (χ0v) is 8.90. The highest BCUT2D eigenvalue weighted by molar-refractivity contribution is 5.63. The van der Waals surface area contributed by atoms with E-state index in [1.165, 1.54) is 6.08 Å². The van der Waals surface area contributed by atoms with E-state index in [1.807, 2.05) is 0 Å². The van der Waals surface area contributed by atoms with Crippen molar-refractivity contribution in [1.82, 2.24) is 0 Å². The van der Waals surface area contributed by atoms with Gasteiger partial charge in [0.25, 0.3) is 0 Å². The van der Waals surface area contributed by atoms with Crippen LogP contribution in [0.25, 0.3) is 6.08 Å². The molecule has 0 amide bonds. The van der Waals surface area contributed by atoms with Gasteiger partial charge in [0, 0.05) is 12.1 Å². The first-order chi connectivity index (χ1) is 7.74. The van der Waals surface area contributed by atoms with Gasteiger partial charge in [-0.25, -0.2) is 0 Å². The lowest BCUT2D eigenvalue weighted by atomic mass is 10.1. The van der Waals surface area contributed by atoms with Gasteiger partial charge in [-0.15, -0.1) is 0 Å². The highest BCUT2D eigenvalue weighted by Gasteiger charge is 2.02. The van der Waals surface area contributed by atoms with Crippen LogP contribution in [0.1, 0.15) is 11.1 Å². The van der Waals surface area contributed by atoms with Gasteiger partial charge in [-0.1, -0.05) is 6.07 Å². The monoisotopic (exact) mass is 213 g/mol. The minimum Gasteiger partial charge on any atom is -0.496 e. The van der Waals surface area contributed by atoms with Crippen molar-refractivity contribution >= 4 is 6.08 Å². The predicted molar refractivity (Wildman–Crippen MR) is 60.1 cm³/mol. The van der Waals surface area contributed by atoms with Crippen LogP contribution in [0, 0.1) is 22.7 Å². The smallest absolute Gasteiger partial charge is 0.130 e. The molecule has 0 atom stereocenters. The molecule has 1 aromatic carbocycles. The summed E-state index contributed by atoms with van der Waals surface area (Å²) in [5.41, 5.74) is 7.23. The van der Waals surface area contributed by atoms with E-state index < -0.39 is 0 Å². The lowest BCUT2D eigenvalue weighted by Gasteiger charge is -2.06. The van der Waals surface area contributed by atoms with Crippen LogP contribution in [-0.2, 0) is 6.54 Å². The van der Waals surface area contributed by atoms with Crippen molar-refractivity contribution in [3.8, 4) is 17.9 Å². The molecule has 0 aliphatic carbocycles. The second-order valence-corrected chi connectivity index (χ2v) is 3.06. The van der Waals surface area contributed by atoms with Gasteiger partial charge in [0.15, 0.2) is 0 Å². The lowest BCUT2D eigenvalue weighted by Crippen LogP contribution is -2.00. The maximum Gasteiger partial charge on any atom is 0.130 e. The molecule has 0 unspecified atom stereocenters. The fraction of sp³-hybridized carbons (Fsp3) is 0.167. The van der Waals surface area contributed by atoms with E-state index in [0.717, 1.165) is 11.1 Å². The number of nitriles is 2. The van der Waals surface area contributed by atoms with Gasteiger partial charge < -0.3 is 10.5 Å². The maximum atomic E-state index is 8.62. The number of allylic oxidation sites excluding steroid dienone is 1. The van der Waals surface area contributed by atoms with Gasteiger partial charge >= 0.3 is 0 Å². The Balaban J connectivity index is 3.15. The molecule has 0 saturated carbocycles. The Morgan fingerprint density at radius 3 is 2.62 bits per heavy atom. The van der Waals surface area contributed by atoms with Gasteiger partial charge in [-0.05, 0) is 23.8 Å². The van der Waals surface area contributed by atoms with Gasteiger partial charge in [-0.3, -0.25) is 0 Å². The van der Waals surface area contributed by atoms with E-state index in [-0.39, 0.29) is 5.57 Å². The predicted octanol–water partition coefficient (Wildman–Crippen LogP) is 1.58. The average molecular weight is 213 g/mol. The first kappa shape index (κ1) is 11.8. The summed E-state index contributed by atoms with van der Waals surface area (Å²) in [5.74, 6) is 0.704. The molecule has 0 spiro atoms. The zero-order valence-electron chi connectivity index (χ0n) is 8.90. The third-order valence-corrected chi connectivity index (χ3v) is 2.08. The summed E-state index contributed by atoms with van der Waals surface area (Å²) in [6, 6.07) is 8.94. The van der Waals surface area contributed by atoms with Crippen LogP contribution in [-0.4, -0.2) is 7.11 Å². The van der Waals surface area contributed by atoms with Gasteiger partial charge in [0.05, 0.1) is 7.11 Å². The molecule has 2 N–H and O–H groups in total. The number of nitrogens with two attached hydrogens (primary N) is 1. The normalized spacial score (nSPS) is 8.75. The number of benzene rings is 1. The number of rotatable bonds is 3. The summed E-state index contributed by atoms with van der Waals surface area (Å²) in [4.78, 5) is 0. The quantitative estimate of drug-likeness (QED) is 0.773. The Bertz CT molecular complexity index is 476. The Morgan fingerprint density at radius 2 is 2.12 bits per heavy atom. The molecule has 0 fully saturated rings. The van der Waals surface area contributed by atoms with E-state index in [9.17, 15) is 0 Å². The lowest BCUT2D eigenvalue weighted by molar-refractivity contribution is 0.410. The minimum absolute atomic E-state index is 0.0631. The molecule has 0 radical (unpaired) electrons. The molecular weight excluding hydrogens is 202 g/mol. The third-order valence-electron chi connectivity index (χ3n) is 2.08. The summed E-state index contributed by atoms with van der Waals surface area (Å²) < 4.78 is 5.12. The topological polar surface area (TPSA) is 82.8 Å². The molecule has 80 valence electrons. The van der Waals surface area contributed by atoms with Crippen LogP contribution in [0.4, 0.5) is 0 Å². The molecule has 4 heteroatoms. The average Bonchev–Trinajstić information content (AvgIpc) is 2.35. The van der Waals surface area contributed by atoms with Crippen molar-refractivity contribution in [2.24, 2.45) is 5.73 Å². The summed E-state index contributed by atoms with van der Waals surface area (Å²) in [5, 5.41) is 17.2. The summed E-state index contributed by atoms with van der Waals surface area (Å²) in [7, 11) is 1.57. The van der Waals surface area contributed by atoms with Crippen LogP contribution < -0.4 is 10.5 Å². The van der Waals surface area contributed by atoms with Crippen molar-refractivity contribution in [3.63, 3.8) is 0 Å². The summed E-state index contributed by atoms with van der Waals surface area (Å²) >= 11 is 0.